The van der Waals surface area contributed by atoms with Crippen LogP contribution in [0, 0.1) is 0 Å². The van der Waals surface area contributed by atoms with E-state index in [4.69, 9.17) is 0 Å². The third-order valence-corrected chi connectivity index (χ3v) is 2.52. The fourth-order valence-electron chi connectivity index (χ4n) is 1.24. The molecule has 11 heavy (non-hydrogen) atoms. The largest absolute Gasteiger partial charge is 0.370 e. The maximum atomic E-state index is 9.52. The van der Waals surface area contributed by atoms with E-state index in [-0.39, 0.29) is 0 Å². The molecule has 0 bridgehead atoms. The van der Waals surface area contributed by atoms with Crippen molar-refractivity contribution in [3.05, 3.63) is 22.8 Å². The number of hydrogen-bond acceptors (Lipinski definition) is 2. The first kappa shape index (κ1) is 7.37. The fraction of sp³-hybridized carbons (Fsp3) is 0.500. The Bertz CT molecular complexity index is 220. The highest BCUT2D eigenvalue weighted by Gasteiger charge is 2.31. The molecule has 1 heterocycles. The van der Waals surface area contributed by atoms with Crippen molar-refractivity contribution in [2.75, 3.05) is 0 Å². The zero-order valence-electron chi connectivity index (χ0n) is 6.07. The third-order valence-electron chi connectivity index (χ3n) is 1.99. The molecule has 0 aromatic rings. The van der Waals surface area contributed by atoms with E-state index in [1.54, 1.807) is 6.08 Å². The van der Waals surface area contributed by atoms with Crippen molar-refractivity contribution < 1.29 is 5.11 Å². The molecular weight excluding hydrogens is 206 g/mol. The summed E-state index contributed by atoms with van der Waals surface area (Å²) in [6, 6.07) is 0.582. The van der Waals surface area contributed by atoms with Crippen LogP contribution in [0.5, 0.6) is 0 Å². The van der Waals surface area contributed by atoms with Gasteiger partial charge in [-0.05, 0) is 25.0 Å². The summed E-state index contributed by atoms with van der Waals surface area (Å²) in [7, 11) is 0. The van der Waals surface area contributed by atoms with Gasteiger partial charge in [-0.25, -0.2) is 0 Å². The molecule has 60 valence electrons. The van der Waals surface area contributed by atoms with Gasteiger partial charge in [0.15, 0.2) is 0 Å². The van der Waals surface area contributed by atoms with E-state index < -0.39 is 6.23 Å². The van der Waals surface area contributed by atoms with Gasteiger partial charge >= 0.3 is 0 Å². The Hall–Kier alpha value is -0.280. The average Bonchev–Trinajstić information content (AvgIpc) is 2.70. The molecule has 0 amide bonds. The quantitative estimate of drug-likeness (QED) is 0.719. The van der Waals surface area contributed by atoms with Crippen LogP contribution in [0.3, 0.4) is 0 Å². The minimum atomic E-state index is -0.429. The Morgan fingerprint density at radius 2 is 2.27 bits per heavy atom. The SMILES string of the molecule is OC1C=C(Br)C=CN1C1CC1. The van der Waals surface area contributed by atoms with Crippen LogP contribution >= 0.6 is 15.9 Å². The number of aliphatic hydroxyl groups is 1. The Balaban J connectivity index is 2.09. The lowest BCUT2D eigenvalue weighted by molar-refractivity contribution is 0.0718. The van der Waals surface area contributed by atoms with E-state index in [9.17, 15) is 5.11 Å². The van der Waals surface area contributed by atoms with E-state index in [1.165, 1.54) is 12.8 Å². The second-order valence-electron chi connectivity index (χ2n) is 2.96. The van der Waals surface area contributed by atoms with Gasteiger partial charge in [-0.1, -0.05) is 15.9 Å². The molecule has 1 aliphatic carbocycles. The molecule has 1 aliphatic heterocycles. The zero-order chi connectivity index (χ0) is 7.84. The molecule has 1 N–H and O–H groups in total. The second-order valence-corrected chi connectivity index (χ2v) is 3.87. The van der Waals surface area contributed by atoms with Crippen LogP contribution in [0.15, 0.2) is 22.8 Å². The molecule has 0 saturated heterocycles. The minimum absolute atomic E-state index is 0.429. The van der Waals surface area contributed by atoms with Crippen LogP contribution in [-0.2, 0) is 0 Å². The minimum Gasteiger partial charge on any atom is -0.370 e. The van der Waals surface area contributed by atoms with Crippen molar-refractivity contribution in [3.63, 3.8) is 0 Å². The molecular formula is C8H10BrNO. The first-order valence-corrected chi connectivity index (χ1v) is 4.58. The highest BCUT2D eigenvalue weighted by atomic mass is 79.9. The van der Waals surface area contributed by atoms with Crippen LogP contribution in [0.25, 0.3) is 0 Å². The number of aliphatic hydroxyl groups excluding tert-OH is 1. The summed E-state index contributed by atoms with van der Waals surface area (Å²) in [4.78, 5) is 1.99. The zero-order valence-corrected chi connectivity index (χ0v) is 7.66. The predicted molar refractivity (Wildman–Crippen MR) is 47.0 cm³/mol. The Morgan fingerprint density at radius 3 is 2.82 bits per heavy atom. The van der Waals surface area contributed by atoms with E-state index >= 15 is 0 Å². The lowest BCUT2D eigenvalue weighted by Crippen LogP contribution is -2.32. The molecule has 0 aromatic heterocycles. The lowest BCUT2D eigenvalue weighted by Gasteiger charge is -2.26. The highest BCUT2D eigenvalue weighted by molar-refractivity contribution is 9.11. The molecule has 0 radical (unpaired) electrons. The van der Waals surface area contributed by atoms with Gasteiger partial charge in [-0.15, -0.1) is 0 Å². The summed E-state index contributed by atoms with van der Waals surface area (Å²) < 4.78 is 0.960. The van der Waals surface area contributed by atoms with Crippen molar-refractivity contribution >= 4 is 15.9 Å². The topological polar surface area (TPSA) is 23.5 Å². The van der Waals surface area contributed by atoms with Gasteiger partial charge in [0.2, 0.25) is 0 Å². The third kappa shape index (κ3) is 1.49. The summed E-state index contributed by atoms with van der Waals surface area (Å²) >= 11 is 3.31. The first-order valence-electron chi connectivity index (χ1n) is 3.78. The standard InChI is InChI=1S/C8H10BrNO/c9-6-3-4-10(7-1-2-7)8(11)5-6/h3-5,7-8,11H,1-2H2. The molecule has 2 aliphatic rings. The van der Waals surface area contributed by atoms with Gasteiger partial charge in [0.25, 0.3) is 0 Å². The van der Waals surface area contributed by atoms with Crippen LogP contribution in [0.4, 0.5) is 0 Å². The number of rotatable bonds is 1. The van der Waals surface area contributed by atoms with Gasteiger partial charge in [0.1, 0.15) is 6.23 Å². The Labute approximate surface area is 74.3 Å². The molecule has 2 rings (SSSR count). The van der Waals surface area contributed by atoms with Crippen molar-refractivity contribution in [3.8, 4) is 0 Å². The van der Waals surface area contributed by atoms with Crippen molar-refractivity contribution in [1.29, 1.82) is 0 Å². The van der Waals surface area contributed by atoms with Gasteiger partial charge in [0.05, 0.1) is 0 Å². The van der Waals surface area contributed by atoms with Crippen LogP contribution < -0.4 is 0 Å². The average molecular weight is 216 g/mol. The fourth-order valence-corrected chi connectivity index (χ4v) is 1.59. The van der Waals surface area contributed by atoms with E-state index in [0.29, 0.717) is 6.04 Å². The highest BCUT2D eigenvalue weighted by Crippen LogP contribution is 2.31. The van der Waals surface area contributed by atoms with Crippen LogP contribution in [0.2, 0.25) is 0 Å². The smallest absolute Gasteiger partial charge is 0.147 e. The summed E-state index contributed by atoms with van der Waals surface area (Å²) in [6.07, 6.45) is 7.72. The molecule has 0 spiro atoms. The first-order chi connectivity index (χ1) is 5.27. The van der Waals surface area contributed by atoms with Gasteiger partial charge < -0.3 is 10.0 Å². The van der Waals surface area contributed by atoms with E-state index in [0.717, 1.165) is 4.48 Å². The maximum absolute atomic E-state index is 9.52. The van der Waals surface area contributed by atoms with Crippen molar-refractivity contribution in [1.82, 2.24) is 4.90 Å². The monoisotopic (exact) mass is 215 g/mol. The summed E-state index contributed by atoms with van der Waals surface area (Å²) in [6.45, 7) is 0. The molecule has 1 saturated carbocycles. The lowest BCUT2D eigenvalue weighted by atomic mass is 10.3. The maximum Gasteiger partial charge on any atom is 0.147 e. The van der Waals surface area contributed by atoms with Crippen molar-refractivity contribution in [2.24, 2.45) is 0 Å². The molecule has 1 unspecified atom stereocenters. The number of nitrogens with zero attached hydrogens (tertiary/aromatic N) is 1. The Morgan fingerprint density at radius 1 is 1.55 bits per heavy atom. The number of halogens is 1. The summed E-state index contributed by atoms with van der Waals surface area (Å²) in [5.74, 6) is 0. The number of hydrogen-bond donors (Lipinski definition) is 1. The van der Waals surface area contributed by atoms with E-state index in [1.807, 2.05) is 17.2 Å². The molecule has 1 fully saturated rings. The molecule has 1 atom stereocenters. The van der Waals surface area contributed by atoms with Gasteiger partial charge in [-0.2, -0.15) is 0 Å². The Kier molecular flexibility index (Phi) is 1.77. The predicted octanol–water partition coefficient (Wildman–Crippen LogP) is 1.58. The summed E-state index contributed by atoms with van der Waals surface area (Å²) in [5, 5.41) is 9.52. The van der Waals surface area contributed by atoms with Gasteiger partial charge in [-0.3, -0.25) is 0 Å². The molecule has 0 aromatic carbocycles. The van der Waals surface area contributed by atoms with Gasteiger partial charge in [0, 0.05) is 16.7 Å². The second kappa shape index (κ2) is 2.64. The number of allylic oxidation sites excluding steroid dienone is 2. The van der Waals surface area contributed by atoms with Crippen molar-refractivity contribution in [2.45, 2.75) is 25.1 Å². The van der Waals surface area contributed by atoms with E-state index in [2.05, 4.69) is 15.9 Å². The molecule has 3 heteroatoms. The normalized spacial score (nSPS) is 30.5. The molecule has 2 nitrogen and oxygen atoms in total. The van der Waals surface area contributed by atoms with Crippen LogP contribution in [-0.4, -0.2) is 22.3 Å². The van der Waals surface area contributed by atoms with Crippen LogP contribution in [0.1, 0.15) is 12.8 Å². The summed E-state index contributed by atoms with van der Waals surface area (Å²) in [5.41, 5.74) is 0.